The van der Waals surface area contributed by atoms with Crippen molar-refractivity contribution in [3.8, 4) is 17.6 Å². The number of aromatic nitrogens is 2. The number of carbonyl (C=O) groups is 1. The van der Waals surface area contributed by atoms with E-state index in [1.807, 2.05) is 36.5 Å². The Bertz CT molecular complexity index is 1190. The molecule has 0 bridgehead atoms. The summed E-state index contributed by atoms with van der Waals surface area (Å²) < 4.78 is 5.41. The van der Waals surface area contributed by atoms with Gasteiger partial charge in [-0.1, -0.05) is 12.0 Å². The lowest BCUT2D eigenvalue weighted by atomic mass is 9.79. The summed E-state index contributed by atoms with van der Waals surface area (Å²) in [6, 6.07) is 13.9. The average molecular weight is 472 g/mol. The van der Waals surface area contributed by atoms with E-state index in [4.69, 9.17) is 4.74 Å². The maximum Gasteiger partial charge on any atom is 0.303 e. The summed E-state index contributed by atoms with van der Waals surface area (Å²) in [5.41, 5.74) is 3.06. The van der Waals surface area contributed by atoms with E-state index in [1.165, 1.54) is 5.56 Å². The zero-order valence-electron chi connectivity index (χ0n) is 20.3. The van der Waals surface area contributed by atoms with Crippen molar-refractivity contribution in [3.05, 3.63) is 66.1 Å². The predicted octanol–water partition coefficient (Wildman–Crippen LogP) is 4.82. The number of likely N-dealkylation sites (tertiary alicyclic amines) is 1. The van der Waals surface area contributed by atoms with Crippen molar-refractivity contribution < 1.29 is 14.6 Å². The predicted molar refractivity (Wildman–Crippen MR) is 137 cm³/mol. The van der Waals surface area contributed by atoms with E-state index in [9.17, 15) is 9.90 Å². The molecule has 1 aliphatic rings. The summed E-state index contributed by atoms with van der Waals surface area (Å²) in [6.07, 6.45) is 8.82. The van der Waals surface area contributed by atoms with Crippen LogP contribution in [0.2, 0.25) is 0 Å². The Morgan fingerprint density at radius 2 is 2.06 bits per heavy atom. The zero-order valence-corrected chi connectivity index (χ0v) is 20.3. The number of hydrogen-bond acceptors (Lipinski definition) is 5. The lowest BCUT2D eigenvalue weighted by molar-refractivity contribution is -0.137. The molecule has 2 aromatic heterocycles. The Morgan fingerprint density at radius 1 is 1.14 bits per heavy atom. The third-order valence-corrected chi connectivity index (χ3v) is 6.95. The molecule has 3 aromatic rings. The highest BCUT2D eigenvalue weighted by Crippen LogP contribution is 2.32. The van der Waals surface area contributed by atoms with Gasteiger partial charge in [-0.2, -0.15) is 0 Å². The minimum atomic E-state index is -0.715. The molecule has 1 N–H and O–H groups in total. The van der Waals surface area contributed by atoms with Crippen molar-refractivity contribution >= 4 is 16.9 Å². The molecule has 0 spiro atoms. The van der Waals surface area contributed by atoms with Crippen LogP contribution in [0.1, 0.15) is 43.4 Å². The van der Waals surface area contributed by atoms with Gasteiger partial charge in [-0.3, -0.25) is 14.7 Å². The molecule has 1 aromatic carbocycles. The molecular weight excluding hydrogens is 438 g/mol. The van der Waals surface area contributed by atoms with Gasteiger partial charge in [0.05, 0.1) is 19.2 Å². The fourth-order valence-electron chi connectivity index (χ4n) is 5.08. The molecule has 182 valence electrons. The molecule has 0 amide bonds. The monoisotopic (exact) mass is 471 g/mol. The fourth-order valence-corrected chi connectivity index (χ4v) is 5.08. The molecule has 0 radical (unpaired) electrons. The second-order valence-electron chi connectivity index (χ2n) is 9.24. The molecule has 0 aliphatic carbocycles. The summed E-state index contributed by atoms with van der Waals surface area (Å²) in [5.74, 6) is 7.43. The van der Waals surface area contributed by atoms with Crippen molar-refractivity contribution in [3.63, 3.8) is 0 Å². The van der Waals surface area contributed by atoms with Gasteiger partial charge in [0, 0.05) is 30.7 Å². The number of benzene rings is 1. The van der Waals surface area contributed by atoms with Crippen LogP contribution in [0.3, 0.4) is 0 Å². The number of rotatable bonds is 9. The molecule has 1 saturated heterocycles. The van der Waals surface area contributed by atoms with Gasteiger partial charge in [-0.05, 0) is 98.4 Å². The SMILES string of the molecule is COc1ccc2nccc(CCCC3CCN(CC#Cc4ccccn4)CC3CCC(=O)O)c2c1. The Morgan fingerprint density at radius 3 is 2.86 bits per heavy atom. The van der Waals surface area contributed by atoms with E-state index in [0.29, 0.717) is 18.4 Å². The van der Waals surface area contributed by atoms with Gasteiger partial charge in [0.15, 0.2) is 0 Å². The first kappa shape index (κ1) is 24.7. The van der Waals surface area contributed by atoms with E-state index in [2.05, 4.69) is 38.8 Å². The summed E-state index contributed by atoms with van der Waals surface area (Å²) in [6.45, 7) is 2.60. The highest BCUT2D eigenvalue weighted by molar-refractivity contribution is 5.83. The van der Waals surface area contributed by atoms with E-state index in [0.717, 1.165) is 67.5 Å². The van der Waals surface area contributed by atoms with Crippen LogP contribution in [-0.2, 0) is 11.2 Å². The smallest absolute Gasteiger partial charge is 0.303 e. The van der Waals surface area contributed by atoms with Gasteiger partial charge in [0.2, 0.25) is 0 Å². The maximum atomic E-state index is 11.3. The quantitative estimate of drug-likeness (QED) is 0.451. The average Bonchev–Trinajstić information content (AvgIpc) is 2.88. The van der Waals surface area contributed by atoms with Crippen LogP contribution >= 0.6 is 0 Å². The number of ether oxygens (including phenoxy) is 1. The summed E-state index contributed by atoms with van der Waals surface area (Å²) >= 11 is 0. The van der Waals surface area contributed by atoms with E-state index >= 15 is 0 Å². The fraction of sp³-hybridized carbons (Fsp3) is 0.414. The first-order valence-corrected chi connectivity index (χ1v) is 12.4. The van der Waals surface area contributed by atoms with Crippen molar-refractivity contribution in [1.82, 2.24) is 14.9 Å². The Hall–Kier alpha value is -3.43. The maximum absolute atomic E-state index is 11.3. The summed E-state index contributed by atoms with van der Waals surface area (Å²) in [5, 5.41) is 10.4. The number of carboxylic acids is 1. The van der Waals surface area contributed by atoms with Gasteiger partial charge >= 0.3 is 5.97 Å². The summed E-state index contributed by atoms with van der Waals surface area (Å²) in [4.78, 5) is 22.4. The van der Waals surface area contributed by atoms with Crippen molar-refractivity contribution in [2.24, 2.45) is 11.8 Å². The number of hydrogen-bond donors (Lipinski definition) is 1. The standard InChI is InChI=1S/C29H33N3O3/c1-35-26-11-12-28-27(20-26)23(14-17-31-28)7-4-6-22-15-19-32(21-24(22)10-13-29(33)34)18-5-9-25-8-2-3-16-30-25/h2-3,8,11-12,14,16-17,20,22,24H,4,6-7,10,13,15,18-19,21H2,1H3,(H,33,34). The third-order valence-electron chi connectivity index (χ3n) is 6.95. The minimum absolute atomic E-state index is 0.226. The molecule has 4 rings (SSSR count). The molecule has 6 heteroatoms. The van der Waals surface area contributed by atoms with E-state index in [-0.39, 0.29) is 6.42 Å². The zero-order chi connectivity index (χ0) is 24.5. The molecular formula is C29H33N3O3. The van der Waals surface area contributed by atoms with E-state index in [1.54, 1.807) is 13.3 Å². The number of methoxy groups -OCH3 is 1. The second-order valence-corrected chi connectivity index (χ2v) is 9.24. The first-order valence-electron chi connectivity index (χ1n) is 12.4. The molecule has 1 fully saturated rings. The van der Waals surface area contributed by atoms with Crippen LogP contribution in [0.4, 0.5) is 0 Å². The molecule has 0 saturated carbocycles. The molecule has 35 heavy (non-hydrogen) atoms. The highest BCUT2D eigenvalue weighted by Gasteiger charge is 2.28. The number of fused-ring (bicyclic) bond motifs is 1. The molecule has 2 unspecified atom stereocenters. The minimum Gasteiger partial charge on any atom is -0.497 e. The topological polar surface area (TPSA) is 75.5 Å². The number of nitrogens with zero attached hydrogens (tertiary/aromatic N) is 3. The van der Waals surface area contributed by atoms with Crippen LogP contribution < -0.4 is 4.74 Å². The Labute approximate surface area is 207 Å². The van der Waals surface area contributed by atoms with Crippen molar-refractivity contribution in [2.75, 3.05) is 26.7 Å². The molecule has 1 aliphatic heterocycles. The van der Waals surface area contributed by atoms with Gasteiger partial charge < -0.3 is 9.84 Å². The highest BCUT2D eigenvalue weighted by atomic mass is 16.5. The third kappa shape index (κ3) is 7.03. The molecule has 2 atom stereocenters. The van der Waals surface area contributed by atoms with Gasteiger partial charge in [-0.25, -0.2) is 4.98 Å². The second kappa shape index (κ2) is 12.3. The van der Waals surface area contributed by atoms with Gasteiger partial charge in [-0.15, -0.1) is 0 Å². The van der Waals surface area contributed by atoms with Crippen LogP contribution in [-0.4, -0.2) is 52.7 Å². The van der Waals surface area contributed by atoms with Crippen LogP contribution in [0.25, 0.3) is 10.9 Å². The molecule has 6 nitrogen and oxygen atoms in total. The lowest BCUT2D eigenvalue weighted by Crippen LogP contribution is -2.41. The number of pyridine rings is 2. The number of aryl methyl sites for hydroxylation is 1. The summed E-state index contributed by atoms with van der Waals surface area (Å²) in [7, 11) is 1.69. The first-order chi connectivity index (χ1) is 17.1. The number of aliphatic carboxylic acids is 1. The van der Waals surface area contributed by atoms with E-state index < -0.39 is 5.97 Å². The number of carboxylic acid groups (broad SMARTS) is 1. The van der Waals surface area contributed by atoms with Gasteiger partial charge in [0.1, 0.15) is 11.4 Å². The van der Waals surface area contributed by atoms with Gasteiger partial charge in [0.25, 0.3) is 0 Å². The van der Waals surface area contributed by atoms with Crippen LogP contribution in [0.5, 0.6) is 5.75 Å². The van der Waals surface area contributed by atoms with Crippen LogP contribution in [0, 0.1) is 23.7 Å². The Balaban J connectivity index is 1.35. The van der Waals surface area contributed by atoms with Crippen LogP contribution in [0.15, 0.2) is 54.9 Å². The Kier molecular flexibility index (Phi) is 8.69. The van der Waals surface area contributed by atoms with Crippen molar-refractivity contribution in [1.29, 1.82) is 0 Å². The number of piperidine rings is 1. The largest absolute Gasteiger partial charge is 0.497 e. The molecule has 3 heterocycles. The van der Waals surface area contributed by atoms with Crippen molar-refractivity contribution in [2.45, 2.75) is 38.5 Å². The lowest BCUT2D eigenvalue weighted by Gasteiger charge is -2.38. The normalized spacial score (nSPS) is 18.1.